The van der Waals surface area contributed by atoms with Crippen molar-refractivity contribution in [3.05, 3.63) is 90.0 Å². The molecule has 4 aromatic heterocycles. The highest BCUT2D eigenvalue weighted by atomic mass is 15.3. The van der Waals surface area contributed by atoms with E-state index in [0.717, 1.165) is 34.0 Å². The van der Waals surface area contributed by atoms with Gasteiger partial charge in [0.1, 0.15) is 12.1 Å². The van der Waals surface area contributed by atoms with Crippen LogP contribution >= 0.6 is 0 Å². The predicted octanol–water partition coefficient (Wildman–Crippen LogP) is 3.77. The molecule has 8 nitrogen and oxygen atoms in total. The molecule has 5 aromatic rings. The topological polar surface area (TPSA) is 96.7 Å². The molecule has 0 unspecified atom stereocenters. The number of anilines is 1. The van der Waals surface area contributed by atoms with E-state index in [2.05, 4.69) is 26.5 Å². The summed E-state index contributed by atoms with van der Waals surface area (Å²) in [5, 5.41) is 21.4. The monoisotopic (exact) mass is 406 g/mol. The normalized spacial score (nSPS) is 10.8. The molecule has 0 aliphatic rings. The fraction of sp³-hybridized carbons (Fsp3) is 0.0870. The van der Waals surface area contributed by atoms with Crippen molar-refractivity contribution in [3.8, 4) is 23.1 Å². The lowest BCUT2D eigenvalue weighted by molar-refractivity contribution is 0.845. The fourth-order valence-electron chi connectivity index (χ4n) is 3.41. The average molecular weight is 406 g/mol. The van der Waals surface area contributed by atoms with Gasteiger partial charge in [-0.3, -0.25) is 0 Å². The third-order valence-electron chi connectivity index (χ3n) is 4.91. The van der Waals surface area contributed by atoms with Crippen LogP contribution in [0.2, 0.25) is 0 Å². The van der Waals surface area contributed by atoms with Crippen molar-refractivity contribution in [1.29, 1.82) is 5.26 Å². The SMILES string of the molecule is Cc1cccc(-n2nc(NCc3cccc(C#N)c3)cc2-c2ccn3ncnc3c2)n1. The van der Waals surface area contributed by atoms with Crippen LogP contribution in [0.15, 0.2) is 73.2 Å². The summed E-state index contributed by atoms with van der Waals surface area (Å²) >= 11 is 0. The van der Waals surface area contributed by atoms with E-state index >= 15 is 0 Å². The number of rotatable bonds is 5. The summed E-state index contributed by atoms with van der Waals surface area (Å²) in [4.78, 5) is 8.92. The molecule has 1 aromatic carbocycles. The molecule has 0 saturated carbocycles. The Bertz CT molecular complexity index is 1420. The zero-order chi connectivity index (χ0) is 21.2. The zero-order valence-corrected chi connectivity index (χ0v) is 16.8. The molecule has 31 heavy (non-hydrogen) atoms. The molecule has 150 valence electrons. The van der Waals surface area contributed by atoms with Crippen LogP contribution in [0.5, 0.6) is 0 Å². The summed E-state index contributed by atoms with van der Waals surface area (Å²) in [6, 6.07) is 21.5. The molecular formula is C23H18N8. The van der Waals surface area contributed by atoms with Gasteiger partial charge < -0.3 is 5.32 Å². The van der Waals surface area contributed by atoms with Crippen molar-refractivity contribution in [2.24, 2.45) is 0 Å². The maximum atomic E-state index is 9.12. The van der Waals surface area contributed by atoms with E-state index < -0.39 is 0 Å². The molecule has 0 bridgehead atoms. The first kappa shape index (κ1) is 18.5. The van der Waals surface area contributed by atoms with Crippen molar-refractivity contribution in [2.75, 3.05) is 5.32 Å². The van der Waals surface area contributed by atoms with Crippen LogP contribution in [0, 0.1) is 18.3 Å². The maximum absolute atomic E-state index is 9.12. The molecule has 0 amide bonds. The van der Waals surface area contributed by atoms with Gasteiger partial charge >= 0.3 is 0 Å². The Morgan fingerprint density at radius 1 is 1.06 bits per heavy atom. The van der Waals surface area contributed by atoms with E-state index in [1.807, 2.05) is 72.4 Å². The number of nitrogens with zero attached hydrogens (tertiary/aromatic N) is 7. The standard InChI is InChI=1S/C23H18N8/c1-16-4-2-7-22(28-16)31-20(19-8-9-30-23(11-19)26-15-27-30)12-21(29-31)25-14-18-6-3-5-17(10-18)13-24/h2-12,15H,14H2,1H3,(H,25,29). The molecule has 0 radical (unpaired) electrons. The molecule has 8 heteroatoms. The number of nitrogens with one attached hydrogen (secondary N) is 1. The van der Waals surface area contributed by atoms with Gasteiger partial charge in [0.05, 0.1) is 17.3 Å². The summed E-state index contributed by atoms with van der Waals surface area (Å²) in [5.41, 5.74) is 5.15. The lowest BCUT2D eigenvalue weighted by Crippen LogP contribution is -2.04. The number of pyridine rings is 2. The maximum Gasteiger partial charge on any atom is 0.155 e. The van der Waals surface area contributed by atoms with Crippen LogP contribution < -0.4 is 5.32 Å². The minimum Gasteiger partial charge on any atom is -0.364 e. The second-order valence-corrected chi connectivity index (χ2v) is 7.11. The lowest BCUT2D eigenvalue weighted by atomic mass is 10.1. The van der Waals surface area contributed by atoms with Gasteiger partial charge in [0.2, 0.25) is 0 Å². The second kappa shape index (κ2) is 7.72. The molecule has 0 fully saturated rings. The minimum absolute atomic E-state index is 0.552. The van der Waals surface area contributed by atoms with Crippen molar-refractivity contribution in [2.45, 2.75) is 13.5 Å². The van der Waals surface area contributed by atoms with Crippen molar-refractivity contribution in [3.63, 3.8) is 0 Å². The van der Waals surface area contributed by atoms with Crippen LogP contribution in [-0.4, -0.2) is 29.4 Å². The Morgan fingerprint density at radius 3 is 2.84 bits per heavy atom. The van der Waals surface area contributed by atoms with Gasteiger partial charge in [-0.2, -0.15) is 10.4 Å². The molecule has 5 rings (SSSR count). The number of benzene rings is 1. The third kappa shape index (κ3) is 3.72. The van der Waals surface area contributed by atoms with Crippen molar-refractivity contribution in [1.82, 2.24) is 29.4 Å². The Balaban J connectivity index is 1.54. The zero-order valence-electron chi connectivity index (χ0n) is 16.8. The summed E-state index contributed by atoms with van der Waals surface area (Å²) in [7, 11) is 0. The van der Waals surface area contributed by atoms with Crippen molar-refractivity contribution < 1.29 is 0 Å². The van der Waals surface area contributed by atoms with Crippen molar-refractivity contribution >= 4 is 11.5 Å². The quantitative estimate of drug-likeness (QED) is 0.477. The first-order valence-corrected chi connectivity index (χ1v) is 9.76. The highest BCUT2D eigenvalue weighted by Crippen LogP contribution is 2.26. The number of hydrogen-bond donors (Lipinski definition) is 1. The van der Waals surface area contributed by atoms with Gasteiger partial charge in [-0.1, -0.05) is 18.2 Å². The van der Waals surface area contributed by atoms with Crippen LogP contribution in [0.25, 0.3) is 22.7 Å². The molecular weight excluding hydrogens is 388 g/mol. The highest BCUT2D eigenvalue weighted by molar-refractivity contribution is 5.68. The van der Waals surface area contributed by atoms with Gasteiger partial charge in [0, 0.05) is 30.1 Å². The number of fused-ring (bicyclic) bond motifs is 1. The number of aromatic nitrogens is 6. The van der Waals surface area contributed by atoms with E-state index in [0.29, 0.717) is 17.9 Å². The Labute approximate surface area is 178 Å². The van der Waals surface area contributed by atoms with E-state index in [9.17, 15) is 0 Å². The van der Waals surface area contributed by atoms with Gasteiger partial charge in [-0.15, -0.1) is 5.10 Å². The second-order valence-electron chi connectivity index (χ2n) is 7.11. The lowest BCUT2D eigenvalue weighted by Gasteiger charge is -2.07. The molecule has 0 saturated heterocycles. The fourth-order valence-corrected chi connectivity index (χ4v) is 3.41. The smallest absolute Gasteiger partial charge is 0.155 e. The predicted molar refractivity (Wildman–Crippen MR) is 117 cm³/mol. The van der Waals surface area contributed by atoms with E-state index in [4.69, 9.17) is 10.4 Å². The van der Waals surface area contributed by atoms with Crippen LogP contribution in [0.4, 0.5) is 5.82 Å². The average Bonchev–Trinajstić information content (AvgIpc) is 3.44. The molecule has 0 aliphatic carbocycles. The molecule has 0 spiro atoms. The summed E-state index contributed by atoms with van der Waals surface area (Å²) < 4.78 is 3.54. The van der Waals surface area contributed by atoms with E-state index in [-0.39, 0.29) is 0 Å². The molecule has 0 aliphatic heterocycles. The molecule has 4 heterocycles. The number of hydrogen-bond acceptors (Lipinski definition) is 6. The van der Waals surface area contributed by atoms with Gasteiger partial charge in [-0.25, -0.2) is 19.2 Å². The number of nitriles is 1. The Kier molecular flexibility index (Phi) is 4.61. The van der Waals surface area contributed by atoms with Crippen LogP contribution in [0.1, 0.15) is 16.8 Å². The molecule has 1 N–H and O–H groups in total. The van der Waals surface area contributed by atoms with E-state index in [1.165, 1.54) is 6.33 Å². The summed E-state index contributed by atoms with van der Waals surface area (Å²) in [6.07, 6.45) is 3.40. The summed E-state index contributed by atoms with van der Waals surface area (Å²) in [5.74, 6) is 1.44. The largest absolute Gasteiger partial charge is 0.364 e. The molecule has 0 atom stereocenters. The Morgan fingerprint density at radius 2 is 1.97 bits per heavy atom. The van der Waals surface area contributed by atoms with Crippen LogP contribution in [-0.2, 0) is 6.54 Å². The minimum atomic E-state index is 0.552. The summed E-state index contributed by atoms with van der Waals surface area (Å²) in [6.45, 7) is 2.51. The van der Waals surface area contributed by atoms with Crippen LogP contribution in [0.3, 0.4) is 0 Å². The van der Waals surface area contributed by atoms with Gasteiger partial charge in [0.15, 0.2) is 11.5 Å². The number of aryl methyl sites for hydroxylation is 1. The van der Waals surface area contributed by atoms with E-state index in [1.54, 1.807) is 10.6 Å². The highest BCUT2D eigenvalue weighted by Gasteiger charge is 2.14. The van der Waals surface area contributed by atoms with Gasteiger partial charge in [-0.05, 0) is 48.9 Å². The Hall–Kier alpha value is -4.51. The first-order chi connectivity index (χ1) is 15.2. The van der Waals surface area contributed by atoms with Gasteiger partial charge in [0.25, 0.3) is 0 Å². The third-order valence-corrected chi connectivity index (χ3v) is 4.91. The first-order valence-electron chi connectivity index (χ1n) is 9.76.